The molecule has 0 N–H and O–H groups in total. The van der Waals surface area contributed by atoms with Crippen molar-refractivity contribution < 1.29 is 4.79 Å². The van der Waals surface area contributed by atoms with Crippen molar-refractivity contribution in [1.82, 2.24) is 0 Å². The maximum Gasteiger partial charge on any atom is 0.241 e. The van der Waals surface area contributed by atoms with Crippen molar-refractivity contribution in [1.29, 1.82) is 0 Å². The van der Waals surface area contributed by atoms with Crippen LogP contribution in [0.3, 0.4) is 0 Å². The minimum absolute atomic E-state index is 0.00934. The van der Waals surface area contributed by atoms with Crippen molar-refractivity contribution in [3.05, 3.63) is 27.2 Å². The van der Waals surface area contributed by atoms with Crippen molar-refractivity contribution in [2.75, 3.05) is 17.3 Å². The van der Waals surface area contributed by atoms with Crippen LogP contribution in [0, 0.1) is 0 Å². The summed E-state index contributed by atoms with van der Waals surface area (Å²) in [5, 5.41) is 0.670. The highest BCUT2D eigenvalue weighted by Gasteiger charge is 2.39. The third-order valence-corrected chi connectivity index (χ3v) is 4.05. The van der Waals surface area contributed by atoms with Gasteiger partial charge in [0.1, 0.15) is 5.88 Å². The average molecular weight is 337 g/mol. The standard InChI is InChI=1S/C12H12BrCl2NO/c1-12(2)6-16(10(17)5-14)11-8(12)3-7(15)4-9(11)13/h3-4H,5-6H2,1-2H3. The summed E-state index contributed by atoms with van der Waals surface area (Å²) in [5.74, 6) is -0.0913. The molecule has 0 spiro atoms. The summed E-state index contributed by atoms with van der Waals surface area (Å²) in [4.78, 5) is 13.6. The molecule has 2 rings (SSSR count). The lowest BCUT2D eigenvalue weighted by Gasteiger charge is -2.20. The Morgan fingerprint density at radius 1 is 1.53 bits per heavy atom. The fraction of sp³-hybridized carbons (Fsp3) is 0.417. The molecule has 0 saturated carbocycles. The number of anilines is 1. The van der Waals surface area contributed by atoms with E-state index in [1.807, 2.05) is 6.07 Å². The number of hydrogen-bond donors (Lipinski definition) is 0. The van der Waals surface area contributed by atoms with Crippen LogP contribution >= 0.6 is 39.1 Å². The highest BCUT2D eigenvalue weighted by Crippen LogP contribution is 2.46. The summed E-state index contributed by atoms with van der Waals surface area (Å²) in [7, 11) is 0. The quantitative estimate of drug-likeness (QED) is 0.711. The topological polar surface area (TPSA) is 20.3 Å². The van der Waals surface area contributed by atoms with Gasteiger partial charge in [-0.2, -0.15) is 0 Å². The predicted molar refractivity (Wildman–Crippen MR) is 75.3 cm³/mol. The van der Waals surface area contributed by atoms with Crippen LogP contribution in [0.1, 0.15) is 19.4 Å². The monoisotopic (exact) mass is 335 g/mol. The van der Waals surface area contributed by atoms with E-state index in [-0.39, 0.29) is 17.2 Å². The number of benzene rings is 1. The van der Waals surface area contributed by atoms with Crippen molar-refractivity contribution in [2.24, 2.45) is 0 Å². The maximum absolute atomic E-state index is 11.8. The van der Waals surface area contributed by atoms with Crippen LogP contribution in [0.5, 0.6) is 0 Å². The van der Waals surface area contributed by atoms with Crippen LogP contribution in [0.25, 0.3) is 0 Å². The van der Waals surface area contributed by atoms with E-state index in [1.165, 1.54) is 0 Å². The van der Waals surface area contributed by atoms with E-state index >= 15 is 0 Å². The molecule has 1 aromatic carbocycles. The number of carbonyl (C=O) groups is 1. The van der Waals surface area contributed by atoms with Gasteiger partial charge in [0.2, 0.25) is 5.91 Å². The van der Waals surface area contributed by atoms with Gasteiger partial charge in [-0.1, -0.05) is 25.4 Å². The van der Waals surface area contributed by atoms with Gasteiger partial charge in [0.05, 0.1) is 5.69 Å². The lowest BCUT2D eigenvalue weighted by molar-refractivity contribution is -0.116. The smallest absolute Gasteiger partial charge is 0.241 e. The fourth-order valence-corrected chi connectivity index (χ4v) is 3.37. The number of fused-ring (bicyclic) bond motifs is 1. The van der Waals surface area contributed by atoms with E-state index < -0.39 is 0 Å². The number of alkyl halides is 1. The zero-order valence-corrected chi connectivity index (χ0v) is 12.7. The molecule has 92 valence electrons. The van der Waals surface area contributed by atoms with E-state index in [0.717, 1.165) is 15.7 Å². The maximum atomic E-state index is 11.8. The molecule has 1 heterocycles. The van der Waals surface area contributed by atoms with Gasteiger partial charge in [0.25, 0.3) is 0 Å². The number of carbonyl (C=O) groups excluding carboxylic acids is 1. The summed E-state index contributed by atoms with van der Waals surface area (Å²) < 4.78 is 0.837. The number of amides is 1. The van der Waals surface area contributed by atoms with E-state index in [2.05, 4.69) is 29.8 Å². The lowest BCUT2D eigenvalue weighted by atomic mass is 9.87. The average Bonchev–Trinajstić information content (AvgIpc) is 2.50. The van der Waals surface area contributed by atoms with Crippen molar-refractivity contribution in [2.45, 2.75) is 19.3 Å². The Hall–Kier alpha value is -0.250. The Morgan fingerprint density at radius 3 is 2.76 bits per heavy atom. The second-order valence-corrected chi connectivity index (χ2v) is 6.34. The molecule has 2 nitrogen and oxygen atoms in total. The minimum atomic E-state index is -0.107. The summed E-state index contributed by atoms with van der Waals surface area (Å²) >= 11 is 15.2. The Balaban J connectivity index is 2.61. The number of rotatable bonds is 1. The Kier molecular flexibility index (Phi) is 3.45. The third kappa shape index (κ3) is 2.20. The van der Waals surface area contributed by atoms with Gasteiger partial charge in [-0.15, -0.1) is 11.6 Å². The van der Waals surface area contributed by atoms with Crippen LogP contribution in [-0.4, -0.2) is 18.3 Å². The Labute approximate surface area is 119 Å². The van der Waals surface area contributed by atoms with Gasteiger partial charge in [0.15, 0.2) is 0 Å². The minimum Gasteiger partial charge on any atom is -0.309 e. The molecule has 1 aliphatic heterocycles. The van der Waals surface area contributed by atoms with Gasteiger partial charge in [-0.05, 0) is 33.6 Å². The summed E-state index contributed by atoms with van der Waals surface area (Å²) in [5.41, 5.74) is 1.87. The van der Waals surface area contributed by atoms with Gasteiger partial charge in [-0.25, -0.2) is 0 Å². The molecule has 0 radical (unpaired) electrons. The van der Waals surface area contributed by atoms with Crippen LogP contribution in [0.4, 0.5) is 5.69 Å². The molecule has 0 saturated heterocycles. The molecule has 0 atom stereocenters. The fourth-order valence-electron chi connectivity index (χ4n) is 2.20. The van der Waals surface area contributed by atoms with Crippen LogP contribution in [0.15, 0.2) is 16.6 Å². The molecule has 0 aromatic heterocycles. The number of nitrogens with zero attached hydrogens (tertiary/aromatic N) is 1. The van der Waals surface area contributed by atoms with E-state index in [9.17, 15) is 4.79 Å². The van der Waals surface area contributed by atoms with Crippen molar-refractivity contribution in [3.63, 3.8) is 0 Å². The molecule has 0 fully saturated rings. The van der Waals surface area contributed by atoms with Crippen molar-refractivity contribution >= 4 is 50.7 Å². The second-order valence-electron chi connectivity index (χ2n) is 4.78. The Morgan fingerprint density at radius 2 is 2.18 bits per heavy atom. The molecule has 0 aliphatic carbocycles. The zero-order valence-electron chi connectivity index (χ0n) is 9.56. The summed E-state index contributed by atoms with van der Waals surface area (Å²) in [6, 6.07) is 3.72. The molecule has 0 unspecified atom stereocenters. The van der Waals surface area contributed by atoms with Gasteiger partial charge in [0, 0.05) is 21.5 Å². The Bertz CT molecular complexity index is 488. The first kappa shape index (κ1) is 13.2. The largest absolute Gasteiger partial charge is 0.309 e. The van der Waals surface area contributed by atoms with Crippen LogP contribution in [-0.2, 0) is 10.2 Å². The number of halogens is 3. The molecular weight excluding hydrogens is 325 g/mol. The molecule has 0 bridgehead atoms. The van der Waals surface area contributed by atoms with E-state index in [1.54, 1.807) is 11.0 Å². The summed E-state index contributed by atoms with van der Waals surface area (Å²) in [6.07, 6.45) is 0. The zero-order chi connectivity index (χ0) is 12.8. The van der Waals surface area contributed by atoms with Gasteiger partial charge in [-0.3, -0.25) is 4.79 Å². The van der Waals surface area contributed by atoms with Gasteiger partial charge >= 0.3 is 0 Å². The molecule has 5 heteroatoms. The first-order valence-electron chi connectivity index (χ1n) is 5.22. The number of hydrogen-bond acceptors (Lipinski definition) is 1. The lowest BCUT2D eigenvalue weighted by Crippen LogP contribution is -2.34. The third-order valence-electron chi connectivity index (χ3n) is 3.00. The van der Waals surface area contributed by atoms with Crippen LogP contribution < -0.4 is 4.90 Å². The second kappa shape index (κ2) is 4.45. The first-order chi connectivity index (χ1) is 7.86. The molecule has 1 aliphatic rings. The van der Waals surface area contributed by atoms with Crippen molar-refractivity contribution in [3.8, 4) is 0 Å². The highest BCUT2D eigenvalue weighted by atomic mass is 79.9. The van der Waals surface area contributed by atoms with E-state index in [0.29, 0.717) is 11.6 Å². The molecule has 1 aromatic rings. The SMILES string of the molecule is CC1(C)CN(C(=O)CCl)c2c(Br)cc(Cl)cc21. The highest BCUT2D eigenvalue weighted by molar-refractivity contribution is 9.10. The normalized spacial score (nSPS) is 17.1. The first-order valence-corrected chi connectivity index (χ1v) is 6.93. The van der Waals surface area contributed by atoms with Crippen LogP contribution in [0.2, 0.25) is 5.02 Å². The summed E-state index contributed by atoms with van der Waals surface area (Å²) in [6.45, 7) is 4.82. The van der Waals surface area contributed by atoms with E-state index in [4.69, 9.17) is 23.2 Å². The molecular formula is C12H12BrCl2NO. The molecule has 17 heavy (non-hydrogen) atoms. The predicted octanol–water partition coefficient (Wildman–Crippen LogP) is 3.97. The molecule has 1 amide bonds. The van der Waals surface area contributed by atoms with Gasteiger partial charge < -0.3 is 4.90 Å².